The van der Waals surface area contributed by atoms with E-state index >= 15 is 0 Å². The molecule has 0 saturated heterocycles. The Morgan fingerprint density at radius 1 is 1.00 bits per heavy atom. The molecular formula is C28H24ClN3OS. The van der Waals surface area contributed by atoms with E-state index in [1.807, 2.05) is 44.2 Å². The predicted molar refractivity (Wildman–Crippen MR) is 142 cm³/mol. The summed E-state index contributed by atoms with van der Waals surface area (Å²) in [5.74, 6) is 0.207. The number of hydrogen-bond donors (Lipinski definition) is 1. The molecule has 1 amide bonds. The monoisotopic (exact) mass is 485 g/mol. The zero-order valence-electron chi connectivity index (χ0n) is 19.0. The Balaban J connectivity index is 1.25. The van der Waals surface area contributed by atoms with Crippen LogP contribution in [0.4, 0.5) is 0 Å². The molecule has 0 bridgehead atoms. The molecule has 0 saturated carbocycles. The normalized spacial score (nSPS) is 12.7. The van der Waals surface area contributed by atoms with Crippen LogP contribution < -0.4 is 5.43 Å². The molecule has 0 spiro atoms. The molecule has 0 unspecified atom stereocenters. The highest BCUT2D eigenvalue weighted by molar-refractivity contribution is 8.00. The van der Waals surface area contributed by atoms with E-state index in [0.29, 0.717) is 10.8 Å². The molecule has 1 heterocycles. The number of nitrogens with zero attached hydrogens (tertiary/aromatic N) is 2. The maximum absolute atomic E-state index is 12.6. The Morgan fingerprint density at radius 2 is 1.68 bits per heavy atom. The van der Waals surface area contributed by atoms with Crippen molar-refractivity contribution in [1.29, 1.82) is 0 Å². The van der Waals surface area contributed by atoms with Gasteiger partial charge in [-0.2, -0.15) is 5.10 Å². The highest BCUT2D eigenvalue weighted by Gasteiger charge is 2.28. The summed E-state index contributed by atoms with van der Waals surface area (Å²) in [6.07, 6.45) is 1.70. The number of carbonyl (C=O) groups is 1. The Labute approximate surface area is 208 Å². The van der Waals surface area contributed by atoms with Gasteiger partial charge in [0.05, 0.1) is 17.2 Å². The van der Waals surface area contributed by atoms with Crippen LogP contribution in [0.1, 0.15) is 33.3 Å². The zero-order valence-corrected chi connectivity index (χ0v) is 20.5. The lowest BCUT2D eigenvalue weighted by Crippen LogP contribution is -2.20. The minimum atomic E-state index is -0.119. The minimum Gasteiger partial charge on any atom is -0.318 e. The number of hydrazone groups is 1. The van der Waals surface area contributed by atoms with Crippen molar-refractivity contribution < 1.29 is 4.79 Å². The van der Waals surface area contributed by atoms with Gasteiger partial charge in [0.25, 0.3) is 0 Å². The molecule has 170 valence electrons. The van der Waals surface area contributed by atoms with E-state index in [1.54, 1.807) is 18.0 Å². The molecule has 1 aromatic heterocycles. The number of rotatable bonds is 6. The lowest BCUT2D eigenvalue weighted by atomic mass is 10.1. The minimum absolute atomic E-state index is 0.119. The van der Waals surface area contributed by atoms with Crippen molar-refractivity contribution in [3.8, 4) is 16.8 Å². The average Bonchev–Trinajstić information content (AvgIpc) is 3.31. The van der Waals surface area contributed by atoms with Crippen LogP contribution >= 0.6 is 23.4 Å². The first-order valence-corrected chi connectivity index (χ1v) is 12.5. The number of aromatic nitrogens is 1. The van der Waals surface area contributed by atoms with Gasteiger partial charge in [-0.15, -0.1) is 11.8 Å². The third kappa shape index (κ3) is 4.29. The quantitative estimate of drug-likeness (QED) is 0.244. The van der Waals surface area contributed by atoms with Crippen molar-refractivity contribution in [3.63, 3.8) is 0 Å². The van der Waals surface area contributed by atoms with Crippen molar-refractivity contribution in [1.82, 2.24) is 9.99 Å². The fraction of sp³-hybridized carbons (Fsp3) is 0.143. The molecule has 1 aliphatic carbocycles. The fourth-order valence-electron chi connectivity index (χ4n) is 4.58. The predicted octanol–water partition coefficient (Wildman–Crippen LogP) is 6.70. The summed E-state index contributed by atoms with van der Waals surface area (Å²) in [6.45, 7) is 4.07. The summed E-state index contributed by atoms with van der Waals surface area (Å²) in [7, 11) is 0. The maximum atomic E-state index is 12.6. The molecule has 1 aliphatic rings. The maximum Gasteiger partial charge on any atom is 0.250 e. The fourth-order valence-corrected chi connectivity index (χ4v) is 5.92. The van der Waals surface area contributed by atoms with Gasteiger partial charge in [0.2, 0.25) is 5.91 Å². The van der Waals surface area contributed by atoms with Crippen LogP contribution in [0.3, 0.4) is 0 Å². The molecule has 4 aromatic rings. The SMILES string of the molecule is Cc1cc(/C=N/NC(=O)CSC2c3ccccc3-c3ccccc32)c(C)n1-c1cccc(Cl)c1. The first-order chi connectivity index (χ1) is 16.5. The number of halogens is 1. The third-order valence-corrected chi connectivity index (χ3v) is 7.59. The number of benzene rings is 3. The molecule has 4 nitrogen and oxygen atoms in total. The molecular weight excluding hydrogens is 462 g/mol. The second-order valence-corrected chi connectivity index (χ2v) is 9.83. The van der Waals surface area contributed by atoms with Crippen LogP contribution in [0.5, 0.6) is 0 Å². The molecule has 0 fully saturated rings. The van der Waals surface area contributed by atoms with Gasteiger partial charge in [0.15, 0.2) is 0 Å². The summed E-state index contributed by atoms with van der Waals surface area (Å²) in [4.78, 5) is 12.6. The molecule has 1 N–H and O–H groups in total. The van der Waals surface area contributed by atoms with E-state index < -0.39 is 0 Å². The van der Waals surface area contributed by atoms with E-state index in [-0.39, 0.29) is 11.2 Å². The Morgan fingerprint density at radius 3 is 2.35 bits per heavy atom. The second-order valence-electron chi connectivity index (χ2n) is 8.30. The van der Waals surface area contributed by atoms with Gasteiger partial charge in [0, 0.05) is 27.7 Å². The second kappa shape index (κ2) is 9.53. The molecule has 5 rings (SSSR count). The van der Waals surface area contributed by atoms with Gasteiger partial charge in [-0.3, -0.25) is 4.79 Å². The van der Waals surface area contributed by atoms with E-state index in [4.69, 9.17) is 11.6 Å². The smallest absolute Gasteiger partial charge is 0.250 e. The summed E-state index contributed by atoms with van der Waals surface area (Å²) in [5, 5.41) is 5.07. The lowest BCUT2D eigenvalue weighted by molar-refractivity contribution is -0.118. The average molecular weight is 486 g/mol. The van der Waals surface area contributed by atoms with Crippen LogP contribution in [0.2, 0.25) is 5.02 Å². The largest absolute Gasteiger partial charge is 0.318 e. The van der Waals surface area contributed by atoms with Crippen LogP contribution in [-0.4, -0.2) is 22.4 Å². The van der Waals surface area contributed by atoms with Gasteiger partial charge in [-0.05, 0) is 60.4 Å². The molecule has 3 aromatic carbocycles. The molecule has 6 heteroatoms. The molecule has 0 atom stereocenters. The topological polar surface area (TPSA) is 46.4 Å². The van der Waals surface area contributed by atoms with Crippen LogP contribution in [0.25, 0.3) is 16.8 Å². The molecule has 0 aliphatic heterocycles. The number of amides is 1. The van der Waals surface area contributed by atoms with E-state index in [0.717, 1.165) is 22.6 Å². The summed E-state index contributed by atoms with van der Waals surface area (Å²) in [6, 6.07) is 26.6. The van der Waals surface area contributed by atoms with Gasteiger partial charge in [-0.25, -0.2) is 5.43 Å². The number of thioether (sulfide) groups is 1. The number of fused-ring (bicyclic) bond motifs is 3. The lowest BCUT2D eigenvalue weighted by Gasteiger charge is -2.12. The van der Waals surface area contributed by atoms with Crippen molar-refractivity contribution in [2.24, 2.45) is 5.10 Å². The van der Waals surface area contributed by atoms with Gasteiger partial charge in [-0.1, -0.05) is 66.2 Å². The van der Waals surface area contributed by atoms with Gasteiger partial charge < -0.3 is 4.57 Å². The highest BCUT2D eigenvalue weighted by Crippen LogP contribution is 2.49. The molecule has 0 radical (unpaired) electrons. The van der Waals surface area contributed by atoms with E-state index in [9.17, 15) is 4.79 Å². The van der Waals surface area contributed by atoms with Crippen molar-refractivity contribution in [2.75, 3.05) is 5.75 Å². The number of nitrogens with one attached hydrogen (secondary N) is 1. The summed E-state index contributed by atoms with van der Waals surface area (Å²) < 4.78 is 2.12. The highest BCUT2D eigenvalue weighted by atomic mass is 35.5. The van der Waals surface area contributed by atoms with Gasteiger partial charge in [0.1, 0.15) is 0 Å². The number of aryl methyl sites for hydroxylation is 1. The Bertz CT molecular complexity index is 1360. The number of hydrogen-bond acceptors (Lipinski definition) is 3. The zero-order chi connectivity index (χ0) is 23.7. The van der Waals surface area contributed by atoms with E-state index in [1.165, 1.54) is 22.3 Å². The summed E-state index contributed by atoms with van der Waals surface area (Å²) >= 11 is 7.80. The van der Waals surface area contributed by atoms with Crippen molar-refractivity contribution >= 4 is 35.5 Å². The molecule has 34 heavy (non-hydrogen) atoms. The van der Waals surface area contributed by atoms with Crippen LogP contribution in [-0.2, 0) is 4.79 Å². The Kier molecular flexibility index (Phi) is 6.31. The first-order valence-electron chi connectivity index (χ1n) is 11.1. The standard InChI is InChI=1S/C28H24ClN3OS/c1-18-14-20(19(2)32(18)22-9-7-8-21(29)15-22)16-30-31-27(33)17-34-28-25-12-5-3-10-23(25)24-11-4-6-13-26(24)28/h3-16,28H,17H2,1-2H3,(H,31,33)/b30-16+. The van der Waals surface area contributed by atoms with Crippen molar-refractivity contribution in [3.05, 3.63) is 112 Å². The van der Waals surface area contributed by atoms with Gasteiger partial charge >= 0.3 is 0 Å². The third-order valence-electron chi connectivity index (χ3n) is 6.09. The summed E-state index contributed by atoms with van der Waals surface area (Å²) in [5.41, 5.74) is 11.8. The Hall–Kier alpha value is -3.28. The first kappa shape index (κ1) is 22.5. The van der Waals surface area contributed by atoms with Crippen LogP contribution in [0, 0.1) is 13.8 Å². The van der Waals surface area contributed by atoms with Crippen LogP contribution in [0.15, 0.2) is 84.0 Å². The number of carbonyl (C=O) groups excluding carboxylic acids is 1. The van der Waals surface area contributed by atoms with E-state index in [2.05, 4.69) is 63.6 Å². The van der Waals surface area contributed by atoms with Crippen molar-refractivity contribution in [2.45, 2.75) is 19.1 Å².